The Labute approximate surface area is 132 Å². The molecule has 0 saturated heterocycles. The van der Waals surface area contributed by atoms with E-state index in [-0.39, 0.29) is 16.9 Å². The predicted molar refractivity (Wildman–Crippen MR) is 75.7 cm³/mol. The molecule has 23 heavy (non-hydrogen) atoms. The van der Waals surface area contributed by atoms with Crippen LogP contribution in [0.5, 0.6) is 0 Å². The summed E-state index contributed by atoms with van der Waals surface area (Å²) in [6.45, 7) is 0. The molecule has 0 aliphatic heterocycles. The smallest absolute Gasteiger partial charge is 0.445 e. The van der Waals surface area contributed by atoms with Gasteiger partial charge in [-0.05, 0) is 51.4 Å². The van der Waals surface area contributed by atoms with Crippen LogP contribution in [0.25, 0.3) is 0 Å². The fraction of sp³-hybridized carbons (Fsp3) is 0.812. The lowest BCUT2D eigenvalue weighted by molar-refractivity contribution is -0.352. The van der Waals surface area contributed by atoms with Crippen LogP contribution in [0.2, 0.25) is 0 Å². The van der Waals surface area contributed by atoms with Crippen LogP contribution in [0.1, 0.15) is 68.9 Å². The number of halogens is 3. The fourth-order valence-electron chi connectivity index (χ4n) is 4.34. The molecule has 0 unspecified atom stereocenters. The van der Waals surface area contributed by atoms with Gasteiger partial charge in [-0.15, -0.1) is 13.2 Å². The number of ether oxygens (including phenoxy) is 1. The first-order valence-corrected chi connectivity index (χ1v) is 8.27. The molecule has 0 amide bonds. The number of rotatable bonds is 3. The van der Waals surface area contributed by atoms with Crippen LogP contribution in [0.4, 0.5) is 13.2 Å². The highest BCUT2D eigenvalue weighted by molar-refractivity contribution is 5.18. The fourth-order valence-corrected chi connectivity index (χ4v) is 4.34. The number of nitrogens with two attached hydrogens (primary N) is 1. The summed E-state index contributed by atoms with van der Waals surface area (Å²) in [6.07, 6.45) is 3.03. The Morgan fingerprint density at radius 1 is 1.13 bits per heavy atom. The maximum atomic E-state index is 12.2. The van der Waals surface area contributed by atoms with Crippen LogP contribution in [-0.4, -0.2) is 23.0 Å². The van der Waals surface area contributed by atoms with Gasteiger partial charge in [-0.2, -0.15) is 0 Å². The molecule has 0 aromatic carbocycles. The number of alkyl halides is 3. The quantitative estimate of drug-likeness (QED) is 0.916. The Morgan fingerprint density at radius 3 is 2.30 bits per heavy atom. The number of hydrogen-bond acceptors (Lipinski definition) is 4. The summed E-state index contributed by atoms with van der Waals surface area (Å²) >= 11 is 0. The molecule has 2 bridgehead atoms. The molecular formula is C16H21F3N2O2. The molecule has 0 radical (unpaired) electrons. The van der Waals surface area contributed by atoms with E-state index in [4.69, 9.17) is 10.2 Å². The van der Waals surface area contributed by atoms with E-state index in [0.29, 0.717) is 18.6 Å². The molecule has 4 saturated carbocycles. The van der Waals surface area contributed by atoms with Gasteiger partial charge in [0.25, 0.3) is 0 Å². The van der Waals surface area contributed by atoms with Crippen LogP contribution in [-0.2, 0) is 10.2 Å². The van der Waals surface area contributed by atoms with E-state index >= 15 is 0 Å². The van der Waals surface area contributed by atoms with Crippen LogP contribution in [0.15, 0.2) is 10.6 Å². The lowest BCUT2D eigenvalue weighted by Gasteiger charge is -2.50. The van der Waals surface area contributed by atoms with Crippen molar-refractivity contribution in [3.63, 3.8) is 0 Å². The highest BCUT2D eigenvalue weighted by Crippen LogP contribution is 2.53. The van der Waals surface area contributed by atoms with Crippen LogP contribution < -0.4 is 5.73 Å². The van der Waals surface area contributed by atoms with E-state index < -0.39 is 12.5 Å². The third kappa shape index (κ3) is 2.78. The first-order valence-electron chi connectivity index (χ1n) is 8.27. The summed E-state index contributed by atoms with van der Waals surface area (Å²) in [5.41, 5.74) is 6.31. The number of hydrogen-bond donors (Lipinski definition) is 1. The monoisotopic (exact) mass is 330 g/mol. The largest absolute Gasteiger partial charge is 0.522 e. The summed E-state index contributed by atoms with van der Waals surface area (Å²) in [6, 6.07) is 0. The van der Waals surface area contributed by atoms with Crippen molar-refractivity contribution in [1.29, 1.82) is 0 Å². The zero-order valence-corrected chi connectivity index (χ0v) is 12.9. The van der Waals surface area contributed by atoms with Crippen molar-refractivity contribution in [3.8, 4) is 0 Å². The maximum Gasteiger partial charge on any atom is 0.522 e. The summed E-state index contributed by atoms with van der Waals surface area (Å²) in [5.74, 6) is 1.45. The summed E-state index contributed by atoms with van der Waals surface area (Å²) < 4.78 is 46.5. The molecule has 4 nitrogen and oxygen atoms in total. The average Bonchev–Trinajstić information content (AvgIpc) is 2.93. The molecule has 1 heterocycles. The minimum absolute atomic E-state index is 0.00665. The number of oxazole rings is 1. The average molecular weight is 330 g/mol. The van der Waals surface area contributed by atoms with Crippen molar-refractivity contribution in [2.75, 3.05) is 0 Å². The molecule has 4 fully saturated rings. The van der Waals surface area contributed by atoms with Crippen molar-refractivity contribution in [2.24, 2.45) is 5.73 Å². The van der Waals surface area contributed by atoms with Crippen LogP contribution in [0.3, 0.4) is 0 Å². The summed E-state index contributed by atoms with van der Waals surface area (Å²) in [4.78, 5) is 4.46. The third-order valence-electron chi connectivity index (χ3n) is 6.08. The van der Waals surface area contributed by atoms with Crippen molar-refractivity contribution in [1.82, 2.24) is 4.98 Å². The van der Waals surface area contributed by atoms with Gasteiger partial charge < -0.3 is 10.2 Å². The minimum atomic E-state index is -4.56. The van der Waals surface area contributed by atoms with Gasteiger partial charge in [0, 0.05) is 16.9 Å². The summed E-state index contributed by atoms with van der Waals surface area (Å²) in [7, 11) is 0. The molecular weight excluding hydrogens is 309 g/mol. The summed E-state index contributed by atoms with van der Waals surface area (Å²) in [5, 5.41) is 0. The van der Waals surface area contributed by atoms with Gasteiger partial charge in [-0.1, -0.05) is 0 Å². The highest BCUT2D eigenvalue weighted by Gasteiger charge is 2.50. The Hall–Kier alpha value is -1.08. The standard InChI is InChI=1S/C16H21F3N2O2/c17-16(18,19)23-11-7-10(8-11)12-9-21-13(22-12)14-1-4-15(20,5-2-14)6-3-14/h9-11H,1-8,20H2. The van der Waals surface area contributed by atoms with Crippen LogP contribution in [0, 0.1) is 0 Å². The van der Waals surface area contributed by atoms with Gasteiger partial charge in [0.1, 0.15) is 5.76 Å². The molecule has 2 N–H and O–H groups in total. The molecule has 0 atom stereocenters. The molecule has 0 spiro atoms. The van der Waals surface area contributed by atoms with Crippen molar-refractivity contribution in [2.45, 2.75) is 80.7 Å². The molecule has 7 heteroatoms. The van der Waals surface area contributed by atoms with Gasteiger partial charge in [-0.25, -0.2) is 4.98 Å². The first-order chi connectivity index (χ1) is 10.8. The second-order valence-corrected chi connectivity index (χ2v) is 7.56. The number of nitrogens with zero attached hydrogens (tertiary/aromatic N) is 1. The first kappa shape index (κ1) is 15.4. The molecule has 4 aliphatic carbocycles. The van der Waals surface area contributed by atoms with E-state index in [1.54, 1.807) is 6.20 Å². The topological polar surface area (TPSA) is 61.3 Å². The van der Waals surface area contributed by atoms with Gasteiger partial charge in [0.2, 0.25) is 5.89 Å². The zero-order valence-electron chi connectivity index (χ0n) is 12.9. The second-order valence-electron chi connectivity index (χ2n) is 7.56. The van der Waals surface area contributed by atoms with E-state index in [1.807, 2.05) is 0 Å². The Morgan fingerprint density at radius 2 is 1.74 bits per heavy atom. The lowest BCUT2D eigenvalue weighted by atomic mass is 9.57. The Kier molecular flexibility index (Phi) is 3.33. The molecule has 5 rings (SSSR count). The van der Waals surface area contributed by atoms with Gasteiger partial charge in [0.15, 0.2) is 0 Å². The SMILES string of the molecule is NC12CCC(c3ncc(C4CC(OC(F)(F)F)C4)o3)(CC1)CC2. The van der Waals surface area contributed by atoms with E-state index in [9.17, 15) is 13.2 Å². The number of aromatic nitrogens is 1. The normalized spacial score (nSPS) is 40.2. The van der Waals surface area contributed by atoms with Crippen molar-refractivity contribution < 1.29 is 22.3 Å². The molecule has 4 aliphatic rings. The molecule has 1 aromatic rings. The van der Waals surface area contributed by atoms with Gasteiger partial charge in [-0.3, -0.25) is 4.74 Å². The van der Waals surface area contributed by atoms with E-state index in [2.05, 4.69) is 9.72 Å². The Balaban J connectivity index is 1.41. The van der Waals surface area contributed by atoms with Gasteiger partial charge >= 0.3 is 6.36 Å². The van der Waals surface area contributed by atoms with E-state index in [1.165, 1.54) is 0 Å². The van der Waals surface area contributed by atoms with E-state index in [0.717, 1.165) is 44.4 Å². The third-order valence-corrected chi connectivity index (χ3v) is 6.08. The predicted octanol–water partition coefficient (Wildman–Crippen LogP) is 3.76. The molecule has 128 valence electrons. The molecule has 1 aromatic heterocycles. The second kappa shape index (κ2) is 4.96. The zero-order chi connectivity index (χ0) is 16.3. The van der Waals surface area contributed by atoms with Gasteiger partial charge in [0.05, 0.1) is 12.3 Å². The maximum absolute atomic E-state index is 12.2. The minimum Gasteiger partial charge on any atom is -0.445 e. The van der Waals surface area contributed by atoms with Crippen molar-refractivity contribution >= 4 is 0 Å². The van der Waals surface area contributed by atoms with Crippen molar-refractivity contribution in [3.05, 3.63) is 17.8 Å². The number of fused-ring (bicyclic) bond motifs is 3. The Bertz CT molecular complexity index is 568. The van der Waals surface area contributed by atoms with Crippen LogP contribution >= 0.6 is 0 Å². The highest BCUT2D eigenvalue weighted by atomic mass is 19.4. The lowest BCUT2D eigenvalue weighted by Crippen LogP contribution is -2.53.